The lowest BCUT2D eigenvalue weighted by molar-refractivity contribution is 0.626. The first-order valence-electron chi connectivity index (χ1n) is 25.9. The zero-order valence-electron chi connectivity index (χ0n) is 41.2. The monoisotopic (exact) mass is 931 g/mol. The van der Waals surface area contributed by atoms with Gasteiger partial charge < -0.3 is 4.90 Å². The fourth-order valence-electron chi connectivity index (χ4n) is 13.3. The van der Waals surface area contributed by atoms with Crippen molar-refractivity contribution in [2.75, 3.05) is 4.90 Å². The predicted octanol–water partition coefficient (Wildman–Crippen LogP) is 19.1. The smallest absolute Gasteiger partial charge is 0.0540 e. The van der Waals surface area contributed by atoms with Gasteiger partial charge in [-0.25, -0.2) is 0 Å². The molecule has 3 aliphatic rings. The molecule has 0 aromatic heterocycles. The number of benzene rings is 11. The summed E-state index contributed by atoms with van der Waals surface area (Å²) in [6.45, 7) is 4.77. The quantitative estimate of drug-likeness (QED) is 0.147. The van der Waals surface area contributed by atoms with Crippen LogP contribution in [0.4, 0.5) is 17.1 Å². The number of anilines is 3. The van der Waals surface area contributed by atoms with E-state index in [1.54, 1.807) is 0 Å². The van der Waals surface area contributed by atoms with E-state index in [1.165, 1.54) is 111 Å². The van der Waals surface area contributed by atoms with Crippen molar-refractivity contribution in [2.45, 2.75) is 37.5 Å². The lowest BCUT2D eigenvalue weighted by Gasteiger charge is -2.32. The molecule has 0 saturated carbocycles. The third-order valence-electron chi connectivity index (χ3n) is 16.5. The first-order valence-corrected chi connectivity index (χ1v) is 25.9. The van der Waals surface area contributed by atoms with Crippen molar-refractivity contribution in [1.29, 1.82) is 0 Å². The van der Waals surface area contributed by atoms with Crippen molar-refractivity contribution in [3.8, 4) is 77.9 Å². The molecule has 0 saturated heterocycles. The fraction of sp³-hybridized carbons (Fsp3) is 0.0833. The molecule has 11 aromatic rings. The number of fused-ring (bicyclic) bond motifs is 10. The Morgan fingerprint density at radius 3 is 1.51 bits per heavy atom. The van der Waals surface area contributed by atoms with E-state index in [1.807, 2.05) is 0 Å². The summed E-state index contributed by atoms with van der Waals surface area (Å²) >= 11 is 0. The van der Waals surface area contributed by atoms with E-state index in [4.69, 9.17) is 0 Å². The zero-order chi connectivity index (χ0) is 48.7. The molecule has 3 aliphatic carbocycles. The molecule has 1 unspecified atom stereocenters. The third kappa shape index (κ3) is 6.69. The van der Waals surface area contributed by atoms with Crippen LogP contribution in [0, 0.1) is 0 Å². The molecule has 73 heavy (non-hydrogen) atoms. The normalized spacial score (nSPS) is 15.3. The molecule has 0 aliphatic heterocycles. The van der Waals surface area contributed by atoms with Gasteiger partial charge in [-0.1, -0.05) is 238 Å². The summed E-state index contributed by atoms with van der Waals surface area (Å²) in [6, 6.07) is 97.4. The second-order valence-electron chi connectivity index (χ2n) is 20.7. The van der Waals surface area contributed by atoms with E-state index < -0.39 is 0 Å². The second kappa shape index (κ2) is 16.9. The molecule has 11 aromatic carbocycles. The van der Waals surface area contributed by atoms with Crippen LogP contribution in [0.5, 0.6) is 0 Å². The van der Waals surface area contributed by atoms with E-state index in [2.05, 4.69) is 280 Å². The van der Waals surface area contributed by atoms with Crippen LogP contribution in [0.15, 0.2) is 261 Å². The molecule has 1 atom stereocenters. The lowest BCUT2D eigenvalue weighted by Crippen LogP contribution is -2.24. The number of hydrogen-bond donors (Lipinski definition) is 0. The molecular weight excluding hydrogens is 879 g/mol. The molecule has 0 bridgehead atoms. The largest absolute Gasteiger partial charge is 0.310 e. The Morgan fingerprint density at radius 1 is 0.301 bits per heavy atom. The van der Waals surface area contributed by atoms with Crippen LogP contribution in [0.25, 0.3) is 77.9 Å². The highest BCUT2D eigenvalue weighted by molar-refractivity contribution is 5.96. The summed E-state index contributed by atoms with van der Waals surface area (Å²) in [5.41, 5.74) is 29.0. The van der Waals surface area contributed by atoms with Crippen molar-refractivity contribution < 1.29 is 0 Å². The SMILES string of the molecule is CC1(C)c2ccccc2-c2cccc(-c3ccccc3-c3ccc(N(c4ccc5c(c4)C4(CCc6ccccc64)c4ccccc4-5)c4ccccc4-c4cccc(-c5ccccc5-c5ccccc5)c4)cc3)c21. The average molecular weight is 932 g/mol. The van der Waals surface area contributed by atoms with E-state index in [-0.39, 0.29) is 10.8 Å². The molecule has 0 fully saturated rings. The third-order valence-corrected chi connectivity index (χ3v) is 16.5. The summed E-state index contributed by atoms with van der Waals surface area (Å²) in [5.74, 6) is 0. The minimum atomic E-state index is -0.217. The van der Waals surface area contributed by atoms with Crippen LogP contribution < -0.4 is 4.90 Å². The number of aryl methyl sites for hydroxylation is 1. The second-order valence-corrected chi connectivity index (χ2v) is 20.7. The maximum atomic E-state index is 2.53. The van der Waals surface area contributed by atoms with E-state index in [0.29, 0.717) is 0 Å². The van der Waals surface area contributed by atoms with Gasteiger partial charge in [0, 0.05) is 27.8 Å². The molecule has 0 radical (unpaired) electrons. The Hall–Kier alpha value is -8.78. The molecule has 1 heteroatoms. The van der Waals surface area contributed by atoms with Gasteiger partial charge in [0.15, 0.2) is 0 Å². The van der Waals surface area contributed by atoms with Gasteiger partial charge in [-0.05, 0) is 155 Å². The van der Waals surface area contributed by atoms with Crippen molar-refractivity contribution in [1.82, 2.24) is 0 Å². The van der Waals surface area contributed by atoms with Gasteiger partial charge in [-0.3, -0.25) is 0 Å². The highest BCUT2D eigenvalue weighted by Crippen LogP contribution is 2.60. The zero-order valence-corrected chi connectivity index (χ0v) is 41.2. The molecule has 14 rings (SSSR count). The van der Waals surface area contributed by atoms with E-state index >= 15 is 0 Å². The first-order chi connectivity index (χ1) is 36.0. The number of nitrogens with zero attached hydrogens (tertiary/aromatic N) is 1. The van der Waals surface area contributed by atoms with Gasteiger partial charge in [0.1, 0.15) is 0 Å². The number of hydrogen-bond acceptors (Lipinski definition) is 1. The topological polar surface area (TPSA) is 3.24 Å². The maximum absolute atomic E-state index is 2.53. The van der Waals surface area contributed by atoms with Crippen molar-refractivity contribution >= 4 is 17.1 Å². The summed E-state index contributed by atoms with van der Waals surface area (Å²) in [5, 5.41) is 0. The molecule has 1 spiro atoms. The van der Waals surface area contributed by atoms with Crippen molar-refractivity contribution in [3.05, 3.63) is 294 Å². The van der Waals surface area contributed by atoms with Crippen LogP contribution >= 0.6 is 0 Å². The van der Waals surface area contributed by atoms with Crippen LogP contribution in [0.2, 0.25) is 0 Å². The van der Waals surface area contributed by atoms with Gasteiger partial charge in [0.25, 0.3) is 0 Å². The maximum Gasteiger partial charge on any atom is 0.0540 e. The Bertz CT molecular complexity index is 3950. The van der Waals surface area contributed by atoms with Crippen LogP contribution in [-0.4, -0.2) is 0 Å². The summed E-state index contributed by atoms with van der Waals surface area (Å²) in [6.07, 6.45) is 2.11. The Balaban J connectivity index is 0.932. The molecule has 1 nitrogen and oxygen atoms in total. The molecular formula is C72H53N. The summed E-state index contributed by atoms with van der Waals surface area (Å²) < 4.78 is 0. The van der Waals surface area contributed by atoms with E-state index in [9.17, 15) is 0 Å². The molecule has 0 amide bonds. The van der Waals surface area contributed by atoms with Gasteiger partial charge in [0.05, 0.1) is 5.69 Å². The summed E-state index contributed by atoms with van der Waals surface area (Å²) in [4.78, 5) is 2.51. The van der Waals surface area contributed by atoms with Gasteiger partial charge in [-0.2, -0.15) is 0 Å². The van der Waals surface area contributed by atoms with Crippen LogP contribution in [0.1, 0.15) is 53.6 Å². The Morgan fingerprint density at radius 2 is 0.767 bits per heavy atom. The van der Waals surface area contributed by atoms with Gasteiger partial charge in [-0.15, -0.1) is 0 Å². The highest BCUT2D eigenvalue weighted by Gasteiger charge is 2.48. The van der Waals surface area contributed by atoms with Gasteiger partial charge >= 0.3 is 0 Å². The molecule has 0 heterocycles. The summed E-state index contributed by atoms with van der Waals surface area (Å²) in [7, 11) is 0. The minimum Gasteiger partial charge on any atom is -0.310 e. The van der Waals surface area contributed by atoms with Crippen molar-refractivity contribution in [2.24, 2.45) is 0 Å². The predicted molar refractivity (Wildman–Crippen MR) is 306 cm³/mol. The van der Waals surface area contributed by atoms with Crippen molar-refractivity contribution in [3.63, 3.8) is 0 Å². The van der Waals surface area contributed by atoms with Crippen LogP contribution in [0.3, 0.4) is 0 Å². The standard InChI is InChI=1S/C72H53N/c1-71(2)66-35-15-11-31-61(66)64-33-19-32-63(70(64)71)59-29-10-9-26-56(59)49-38-40-53(41-39-49)73(54-42-43-62-60-30-12-16-36-67(60)72(68(62)47-54)45-44-50-22-6-14-34-65(50)72)69-37-17-13-28-58(69)52-24-18-23-51(46-52)57-27-8-7-25-55(57)48-20-4-3-5-21-48/h3-43,46-47H,44-45H2,1-2H3. The van der Waals surface area contributed by atoms with Gasteiger partial charge in [0.2, 0.25) is 0 Å². The Kier molecular flexibility index (Phi) is 9.99. The Labute approximate surface area is 429 Å². The average Bonchev–Trinajstić information content (AvgIpc) is 4.07. The molecule has 346 valence electrons. The fourth-order valence-corrected chi connectivity index (χ4v) is 13.3. The lowest BCUT2D eigenvalue weighted by atomic mass is 9.73. The number of para-hydroxylation sites is 1. The minimum absolute atomic E-state index is 0.130. The highest BCUT2D eigenvalue weighted by atomic mass is 15.1. The van der Waals surface area contributed by atoms with Crippen LogP contribution in [-0.2, 0) is 17.3 Å². The first kappa shape index (κ1) is 43.0. The molecule has 0 N–H and O–H groups in total. The number of rotatable bonds is 8. The van der Waals surface area contributed by atoms with E-state index in [0.717, 1.165) is 29.9 Å².